The SMILES string of the molecule is CC1CC(N)CN(CC(=O)NCCc2cccs2)C1. The van der Waals surface area contributed by atoms with Gasteiger partial charge < -0.3 is 11.1 Å². The van der Waals surface area contributed by atoms with E-state index >= 15 is 0 Å². The smallest absolute Gasteiger partial charge is 0.234 e. The molecule has 2 rings (SSSR count). The summed E-state index contributed by atoms with van der Waals surface area (Å²) in [4.78, 5) is 15.3. The summed E-state index contributed by atoms with van der Waals surface area (Å²) in [5, 5.41) is 5.05. The first-order chi connectivity index (χ1) is 9.13. The van der Waals surface area contributed by atoms with E-state index < -0.39 is 0 Å². The van der Waals surface area contributed by atoms with Crippen LogP contribution in [0.2, 0.25) is 0 Å². The van der Waals surface area contributed by atoms with Crippen molar-refractivity contribution in [2.75, 3.05) is 26.2 Å². The zero-order valence-electron chi connectivity index (χ0n) is 11.5. The lowest BCUT2D eigenvalue weighted by Gasteiger charge is -2.34. The molecule has 2 unspecified atom stereocenters. The number of carbonyl (C=O) groups is 1. The van der Waals surface area contributed by atoms with E-state index in [0.717, 1.165) is 32.5 Å². The van der Waals surface area contributed by atoms with Gasteiger partial charge in [-0.3, -0.25) is 9.69 Å². The van der Waals surface area contributed by atoms with Gasteiger partial charge in [0.1, 0.15) is 0 Å². The Kier molecular flexibility index (Phi) is 5.36. The monoisotopic (exact) mass is 281 g/mol. The summed E-state index contributed by atoms with van der Waals surface area (Å²) in [6.07, 6.45) is 1.98. The van der Waals surface area contributed by atoms with E-state index in [1.165, 1.54) is 4.88 Å². The fraction of sp³-hybridized carbons (Fsp3) is 0.643. The second-order valence-corrected chi connectivity index (χ2v) is 6.51. The van der Waals surface area contributed by atoms with Crippen molar-refractivity contribution in [3.05, 3.63) is 22.4 Å². The molecule has 1 aliphatic heterocycles. The number of rotatable bonds is 5. The molecule has 1 saturated heterocycles. The van der Waals surface area contributed by atoms with Gasteiger partial charge in [0.25, 0.3) is 0 Å². The Morgan fingerprint density at radius 1 is 1.58 bits per heavy atom. The van der Waals surface area contributed by atoms with Crippen LogP contribution in [-0.2, 0) is 11.2 Å². The number of likely N-dealkylation sites (tertiary alicyclic amines) is 1. The molecule has 0 aliphatic carbocycles. The quantitative estimate of drug-likeness (QED) is 0.849. The third-order valence-electron chi connectivity index (χ3n) is 3.41. The average Bonchev–Trinajstić information content (AvgIpc) is 2.80. The van der Waals surface area contributed by atoms with Crippen LogP contribution in [-0.4, -0.2) is 43.0 Å². The molecule has 106 valence electrons. The molecule has 2 atom stereocenters. The van der Waals surface area contributed by atoms with Crippen LogP contribution >= 0.6 is 11.3 Å². The fourth-order valence-electron chi connectivity index (χ4n) is 2.68. The molecule has 0 bridgehead atoms. The van der Waals surface area contributed by atoms with E-state index in [0.29, 0.717) is 12.5 Å². The first kappa shape index (κ1) is 14.5. The van der Waals surface area contributed by atoms with E-state index in [-0.39, 0.29) is 11.9 Å². The highest BCUT2D eigenvalue weighted by molar-refractivity contribution is 7.09. The van der Waals surface area contributed by atoms with Crippen LogP contribution in [0.3, 0.4) is 0 Å². The number of hydrogen-bond acceptors (Lipinski definition) is 4. The molecule has 2 heterocycles. The number of nitrogens with zero attached hydrogens (tertiary/aromatic N) is 1. The molecule has 1 aromatic heterocycles. The topological polar surface area (TPSA) is 58.4 Å². The molecule has 1 amide bonds. The van der Waals surface area contributed by atoms with Gasteiger partial charge in [0.2, 0.25) is 5.91 Å². The van der Waals surface area contributed by atoms with Crippen LogP contribution in [0.4, 0.5) is 0 Å². The summed E-state index contributed by atoms with van der Waals surface area (Å²) in [5.74, 6) is 0.695. The Morgan fingerprint density at radius 3 is 3.11 bits per heavy atom. The van der Waals surface area contributed by atoms with Gasteiger partial charge in [0.15, 0.2) is 0 Å². The van der Waals surface area contributed by atoms with Crippen molar-refractivity contribution in [3.8, 4) is 0 Å². The van der Waals surface area contributed by atoms with Gasteiger partial charge in [-0.1, -0.05) is 13.0 Å². The number of amides is 1. The molecule has 0 radical (unpaired) electrons. The Bertz CT molecular complexity index is 383. The van der Waals surface area contributed by atoms with Crippen LogP contribution in [0.15, 0.2) is 17.5 Å². The molecule has 1 fully saturated rings. The molecular formula is C14H23N3OS. The lowest BCUT2D eigenvalue weighted by molar-refractivity contribution is -0.122. The van der Waals surface area contributed by atoms with Gasteiger partial charge in [0.05, 0.1) is 6.54 Å². The number of piperidine rings is 1. The number of carbonyl (C=O) groups excluding carboxylic acids is 1. The molecule has 0 saturated carbocycles. The minimum absolute atomic E-state index is 0.109. The van der Waals surface area contributed by atoms with Crippen molar-refractivity contribution in [2.45, 2.75) is 25.8 Å². The number of nitrogens with two attached hydrogens (primary N) is 1. The maximum Gasteiger partial charge on any atom is 0.234 e. The van der Waals surface area contributed by atoms with E-state index in [4.69, 9.17) is 5.73 Å². The third-order valence-corrected chi connectivity index (χ3v) is 4.34. The first-order valence-corrected chi connectivity index (χ1v) is 7.78. The molecule has 0 spiro atoms. The van der Waals surface area contributed by atoms with Gasteiger partial charge >= 0.3 is 0 Å². The number of hydrogen-bond donors (Lipinski definition) is 2. The lowest BCUT2D eigenvalue weighted by atomic mass is 9.97. The summed E-state index contributed by atoms with van der Waals surface area (Å²) in [6.45, 7) is 5.20. The van der Waals surface area contributed by atoms with Crippen molar-refractivity contribution in [1.82, 2.24) is 10.2 Å². The highest BCUT2D eigenvalue weighted by Crippen LogP contribution is 2.14. The Balaban J connectivity index is 1.66. The van der Waals surface area contributed by atoms with Crippen LogP contribution in [0.25, 0.3) is 0 Å². The Labute approximate surface area is 119 Å². The van der Waals surface area contributed by atoms with Crippen molar-refractivity contribution in [2.24, 2.45) is 11.7 Å². The average molecular weight is 281 g/mol. The molecule has 0 aromatic carbocycles. The Morgan fingerprint density at radius 2 is 2.42 bits per heavy atom. The van der Waals surface area contributed by atoms with E-state index in [9.17, 15) is 4.79 Å². The first-order valence-electron chi connectivity index (χ1n) is 6.90. The van der Waals surface area contributed by atoms with Gasteiger partial charge in [-0.05, 0) is 30.2 Å². The molecule has 5 heteroatoms. The third kappa shape index (κ3) is 4.93. The van der Waals surface area contributed by atoms with Crippen molar-refractivity contribution in [3.63, 3.8) is 0 Å². The summed E-state index contributed by atoms with van der Waals surface area (Å²) in [7, 11) is 0. The van der Waals surface area contributed by atoms with Crippen LogP contribution in [0, 0.1) is 5.92 Å². The summed E-state index contributed by atoms with van der Waals surface area (Å²) >= 11 is 1.73. The molecule has 4 nitrogen and oxygen atoms in total. The standard InChI is InChI=1S/C14H23N3OS/c1-11-7-12(15)9-17(8-11)10-14(18)16-5-4-13-3-2-6-19-13/h2-3,6,11-12H,4-5,7-10,15H2,1H3,(H,16,18). The van der Waals surface area contributed by atoms with Gasteiger partial charge in [-0.15, -0.1) is 11.3 Å². The van der Waals surface area contributed by atoms with Gasteiger partial charge in [0, 0.05) is 30.6 Å². The fourth-order valence-corrected chi connectivity index (χ4v) is 3.39. The van der Waals surface area contributed by atoms with E-state index in [1.54, 1.807) is 11.3 Å². The van der Waals surface area contributed by atoms with Crippen LogP contribution in [0.5, 0.6) is 0 Å². The van der Waals surface area contributed by atoms with Crippen LogP contribution in [0.1, 0.15) is 18.2 Å². The maximum atomic E-state index is 11.9. The minimum atomic E-state index is 0.109. The van der Waals surface area contributed by atoms with Gasteiger partial charge in [-0.2, -0.15) is 0 Å². The minimum Gasteiger partial charge on any atom is -0.355 e. The number of nitrogens with one attached hydrogen (secondary N) is 1. The van der Waals surface area contributed by atoms with Crippen molar-refractivity contribution >= 4 is 17.2 Å². The summed E-state index contributed by atoms with van der Waals surface area (Å²) < 4.78 is 0. The zero-order valence-corrected chi connectivity index (χ0v) is 12.3. The largest absolute Gasteiger partial charge is 0.355 e. The predicted octanol–water partition coefficient (Wildman–Crippen LogP) is 1.08. The lowest BCUT2D eigenvalue weighted by Crippen LogP contribution is -2.49. The molecule has 1 aliphatic rings. The highest BCUT2D eigenvalue weighted by atomic mass is 32.1. The highest BCUT2D eigenvalue weighted by Gasteiger charge is 2.23. The molecule has 1 aromatic rings. The van der Waals surface area contributed by atoms with Crippen LogP contribution < -0.4 is 11.1 Å². The summed E-state index contributed by atoms with van der Waals surface area (Å²) in [5.41, 5.74) is 5.98. The molecular weight excluding hydrogens is 258 g/mol. The van der Waals surface area contributed by atoms with Crippen molar-refractivity contribution < 1.29 is 4.79 Å². The number of thiophene rings is 1. The molecule has 3 N–H and O–H groups in total. The second-order valence-electron chi connectivity index (χ2n) is 5.47. The molecule has 19 heavy (non-hydrogen) atoms. The normalized spacial score (nSPS) is 24.3. The Hall–Kier alpha value is -0.910. The van der Waals surface area contributed by atoms with Crippen molar-refractivity contribution in [1.29, 1.82) is 0 Å². The maximum absolute atomic E-state index is 11.9. The summed E-state index contributed by atoms with van der Waals surface area (Å²) in [6, 6.07) is 4.35. The van der Waals surface area contributed by atoms with Gasteiger partial charge in [-0.25, -0.2) is 0 Å². The second kappa shape index (κ2) is 7.03. The zero-order chi connectivity index (χ0) is 13.7. The predicted molar refractivity (Wildman–Crippen MR) is 79.2 cm³/mol. The van der Waals surface area contributed by atoms with E-state index in [1.807, 2.05) is 6.07 Å². The van der Waals surface area contributed by atoms with E-state index in [2.05, 4.69) is 28.6 Å².